The third kappa shape index (κ3) is 13.5. The highest BCUT2D eigenvalue weighted by atomic mass is 16.6. The number of unbranched alkanes of at least 4 members (excludes halogenated alkanes) is 4. The molecule has 0 saturated carbocycles. The van der Waals surface area contributed by atoms with Gasteiger partial charge >= 0.3 is 12.2 Å². The van der Waals surface area contributed by atoms with E-state index in [4.69, 9.17) is 9.47 Å². The minimum absolute atomic E-state index is 0.343. The summed E-state index contributed by atoms with van der Waals surface area (Å²) in [7, 11) is 0. The van der Waals surface area contributed by atoms with Crippen molar-refractivity contribution >= 4 is 12.2 Å². The maximum atomic E-state index is 11.6. The van der Waals surface area contributed by atoms with Crippen molar-refractivity contribution in [3.8, 4) is 0 Å². The second kappa shape index (κ2) is 12.0. The van der Waals surface area contributed by atoms with Gasteiger partial charge < -0.3 is 20.1 Å². The van der Waals surface area contributed by atoms with E-state index in [1.165, 1.54) is 0 Å². The maximum Gasteiger partial charge on any atom is 0.407 e. The third-order valence-corrected chi connectivity index (χ3v) is 4.33. The van der Waals surface area contributed by atoms with Gasteiger partial charge in [0.25, 0.3) is 0 Å². The summed E-state index contributed by atoms with van der Waals surface area (Å²) in [4.78, 5) is 23.2. The normalized spacial score (nSPS) is 11.8. The molecule has 0 aromatic heterocycles. The van der Waals surface area contributed by atoms with Gasteiger partial charge in [-0.15, -0.1) is 0 Å². The fraction of sp³-hybridized carbons (Fsp3) is 0.895. The van der Waals surface area contributed by atoms with Crippen molar-refractivity contribution in [1.82, 2.24) is 10.6 Å². The number of carbonyl (C=O) groups is 2. The summed E-state index contributed by atoms with van der Waals surface area (Å²) in [5.74, 6) is 0. The molecule has 0 unspecified atom stereocenters. The van der Waals surface area contributed by atoms with Gasteiger partial charge in [-0.25, -0.2) is 9.59 Å². The van der Waals surface area contributed by atoms with Gasteiger partial charge in [-0.1, -0.05) is 33.1 Å². The van der Waals surface area contributed by atoms with E-state index in [9.17, 15) is 9.59 Å². The molecule has 0 aliphatic heterocycles. The Labute approximate surface area is 153 Å². The van der Waals surface area contributed by atoms with Gasteiger partial charge in [0.1, 0.15) is 11.2 Å². The lowest BCUT2D eigenvalue weighted by Crippen LogP contribution is -2.34. The molecule has 6 heteroatoms. The summed E-state index contributed by atoms with van der Waals surface area (Å²) < 4.78 is 10.6. The molecule has 0 aliphatic rings. The number of ether oxygens (including phenoxy) is 2. The van der Waals surface area contributed by atoms with Crippen LogP contribution in [0.25, 0.3) is 0 Å². The van der Waals surface area contributed by atoms with E-state index < -0.39 is 11.2 Å². The first-order chi connectivity index (χ1) is 11.6. The van der Waals surface area contributed by atoms with Crippen molar-refractivity contribution in [2.24, 2.45) is 0 Å². The zero-order valence-corrected chi connectivity index (χ0v) is 17.0. The molecule has 0 heterocycles. The van der Waals surface area contributed by atoms with E-state index in [1.54, 1.807) is 0 Å². The van der Waals surface area contributed by atoms with Crippen LogP contribution in [-0.2, 0) is 9.47 Å². The van der Waals surface area contributed by atoms with Crippen LogP contribution in [0, 0.1) is 0 Å². The summed E-state index contributed by atoms with van der Waals surface area (Å²) in [6, 6.07) is 0. The maximum absolute atomic E-state index is 11.6. The quantitative estimate of drug-likeness (QED) is 0.493. The summed E-state index contributed by atoms with van der Waals surface area (Å²) in [6.45, 7) is 12.9. The first kappa shape index (κ1) is 23.5. The number of rotatable bonds is 12. The average molecular weight is 359 g/mol. The fourth-order valence-corrected chi connectivity index (χ4v) is 1.88. The molecule has 0 bridgehead atoms. The number of amides is 2. The van der Waals surface area contributed by atoms with Crippen LogP contribution in [0.5, 0.6) is 0 Å². The molecule has 0 aliphatic carbocycles. The lowest BCUT2D eigenvalue weighted by atomic mass is 10.1. The van der Waals surface area contributed by atoms with E-state index in [1.807, 2.05) is 41.5 Å². The van der Waals surface area contributed by atoms with Crippen molar-refractivity contribution in [1.29, 1.82) is 0 Å². The topological polar surface area (TPSA) is 76.7 Å². The summed E-state index contributed by atoms with van der Waals surface area (Å²) in [6.07, 6.45) is 5.93. The highest BCUT2D eigenvalue weighted by molar-refractivity contribution is 5.67. The molecule has 2 N–H and O–H groups in total. The Morgan fingerprint density at radius 2 is 1.00 bits per heavy atom. The van der Waals surface area contributed by atoms with E-state index in [0.29, 0.717) is 13.1 Å². The summed E-state index contributed by atoms with van der Waals surface area (Å²) >= 11 is 0. The Hall–Kier alpha value is -1.46. The number of hydrogen-bond acceptors (Lipinski definition) is 4. The molecule has 6 nitrogen and oxygen atoms in total. The molecule has 0 fully saturated rings. The van der Waals surface area contributed by atoms with Gasteiger partial charge in [0.2, 0.25) is 0 Å². The Morgan fingerprint density at radius 3 is 1.32 bits per heavy atom. The van der Waals surface area contributed by atoms with Crippen molar-refractivity contribution in [2.45, 2.75) is 97.7 Å². The smallest absolute Gasteiger partial charge is 0.407 e. The van der Waals surface area contributed by atoms with Crippen LogP contribution >= 0.6 is 0 Å². The van der Waals surface area contributed by atoms with Crippen LogP contribution in [0.4, 0.5) is 9.59 Å². The third-order valence-electron chi connectivity index (χ3n) is 4.33. The van der Waals surface area contributed by atoms with Gasteiger partial charge in [0.15, 0.2) is 0 Å². The van der Waals surface area contributed by atoms with E-state index in [0.717, 1.165) is 44.9 Å². The molecule has 0 saturated heterocycles. The average Bonchev–Trinajstić information content (AvgIpc) is 2.52. The van der Waals surface area contributed by atoms with Crippen LogP contribution in [0.15, 0.2) is 0 Å². The molecule has 25 heavy (non-hydrogen) atoms. The second-order valence-corrected chi connectivity index (χ2v) is 7.63. The lowest BCUT2D eigenvalue weighted by Gasteiger charge is -2.23. The molecule has 0 radical (unpaired) electrons. The van der Waals surface area contributed by atoms with Crippen molar-refractivity contribution < 1.29 is 19.1 Å². The second-order valence-electron chi connectivity index (χ2n) is 7.63. The molecular weight excluding hydrogens is 320 g/mol. The van der Waals surface area contributed by atoms with Crippen molar-refractivity contribution in [3.63, 3.8) is 0 Å². The SMILES string of the molecule is CCC(C)(C)OC(=O)NCCCCCCCNC(=O)OC(C)(C)CC. The van der Waals surface area contributed by atoms with E-state index in [2.05, 4.69) is 10.6 Å². The molecule has 2 amide bonds. The Morgan fingerprint density at radius 1 is 0.680 bits per heavy atom. The molecule has 0 spiro atoms. The van der Waals surface area contributed by atoms with E-state index in [-0.39, 0.29) is 12.2 Å². The Bertz CT molecular complexity index is 359. The molecule has 0 aromatic carbocycles. The minimum atomic E-state index is -0.412. The van der Waals surface area contributed by atoms with Crippen molar-refractivity contribution in [2.75, 3.05) is 13.1 Å². The monoisotopic (exact) mass is 358 g/mol. The molecular formula is C19H38N2O4. The molecule has 0 aromatic rings. The Balaban J connectivity index is 3.51. The fourth-order valence-electron chi connectivity index (χ4n) is 1.88. The first-order valence-corrected chi connectivity index (χ1v) is 9.55. The van der Waals surface area contributed by atoms with Gasteiger partial charge in [-0.2, -0.15) is 0 Å². The standard InChI is InChI=1S/C19H38N2O4/c1-7-18(3,4)24-16(22)20-14-12-10-9-11-13-15-21-17(23)25-19(5,6)8-2/h7-15H2,1-6H3,(H,20,22)(H,21,23). The predicted molar refractivity (Wildman–Crippen MR) is 101 cm³/mol. The van der Waals surface area contributed by atoms with Crippen LogP contribution < -0.4 is 10.6 Å². The van der Waals surface area contributed by atoms with Gasteiger partial charge in [-0.3, -0.25) is 0 Å². The molecule has 148 valence electrons. The Kier molecular flexibility index (Phi) is 11.3. The zero-order chi connectivity index (χ0) is 19.3. The lowest BCUT2D eigenvalue weighted by molar-refractivity contribution is 0.0354. The largest absolute Gasteiger partial charge is 0.444 e. The zero-order valence-electron chi connectivity index (χ0n) is 17.0. The highest BCUT2D eigenvalue weighted by Gasteiger charge is 2.20. The van der Waals surface area contributed by atoms with Gasteiger partial charge in [0, 0.05) is 13.1 Å². The van der Waals surface area contributed by atoms with Crippen LogP contribution in [0.2, 0.25) is 0 Å². The van der Waals surface area contributed by atoms with Crippen LogP contribution in [0.1, 0.15) is 86.5 Å². The van der Waals surface area contributed by atoms with Crippen molar-refractivity contribution in [3.05, 3.63) is 0 Å². The predicted octanol–water partition coefficient (Wildman–Crippen LogP) is 4.77. The minimum Gasteiger partial charge on any atom is -0.444 e. The number of carbonyl (C=O) groups excluding carboxylic acids is 2. The van der Waals surface area contributed by atoms with Gasteiger partial charge in [0.05, 0.1) is 0 Å². The molecule has 0 atom stereocenters. The number of alkyl carbamates (subject to hydrolysis) is 2. The molecule has 0 rings (SSSR count). The highest BCUT2D eigenvalue weighted by Crippen LogP contribution is 2.14. The summed E-state index contributed by atoms with van der Waals surface area (Å²) in [5, 5.41) is 5.57. The van der Waals surface area contributed by atoms with Gasteiger partial charge in [-0.05, 0) is 53.4 Å². The number of nitrogens with one attached hydrogen (secondary N) is 2. The first-order valence-electron chi connectivity index (χ1n) is 9.55. The van der Waals surface area contributed by atoms with E-state index >= 15 is 0 Å². The number of hydrogen-bond donors (Lipinski definition) is 2. The van der Waals surface area contributed by atoms with Crippen LogP contribution in [-0.4, -0.2) is 36.5 Å². The van der Waals surface area contributed by atoms with Crippen LogP contribution in [0.3, 0.4) is 0 Å². The summed E-state index contributed by atoms with van der Waals surface area (Å²) in [5.41, 5.74) is -0.824.